The molecule has 0 radical (unpaired) electrons. The molecule has 3 rings (SSSR count). The van der Waals surface area contributed by atoms with Crippen molar-refractivity contribution in [1.82, 2.24) is 4.72 Å². The van der Waals surface area contributed by atoms with E-state index in [1.54, 1.807) is 24.8 Å². The molecule has 2 amide bonds. The van der Waals surface area contributed by atoms with Gasteiger partial charge in [-0.1, -0.05) is 19.9 Å². The van der Waals surface area contributed by atoms with Gasteiger partial charge in [-0.3, -0.25) is 9.59 Å². The molecule has 2 aromatic rings. The van der Waals surface area contributed by atoms with Crippen LogP contribution >= 0.6 is 0 Å². The largest absolute Gasteiger partial charge is 0.416 e. The van der Waals surface area contributed by atoms with Gasteiger partial charge in [0.1, 0.15) is 6.04 Å². The summed E-state index contributed by atoms with van der Waals surface area (Å²) < 4.78 is 67.5. The Morgan fingerprint density at radius 1 is 1.12 bits per heavy atom. The summed E-state index contributed by atoms with van der Waals surface area (Å²) in [5, 5.41) is 2.38. The topological polar surface area (TPSA) is 95.6 Å². The zero-order valence-corrected chi connectivity index (χ0v) is 19.8. The molecule has 0 saturated carbocycles. The molecule has 1 heterocycles. The van der Waals surface area contributed by atoms with E-state index in [-0.39, 0.29) is 28.8 Å². The molecule has 2 N–H and O–H groups in total. The predicted molar refractivity (Wildman–Crippen MR) is 122 cm³/mol. The fraction of sp³-hybridized carbons (Fsp3) is 0.391. The third kappa shape index (κ3) is 5.95. The average molecular weight is 498 g/mol. The van der Waals surface area contributed by atoms with Gasteiger partial charge in [-0.05, 0) is 60.7 Å². The molecule has 0 aliphatic carbocycles. The molecule has 1 aliphatic heterocycles. The highest BCUT2D eigenvalue weighted by atomic mass is 32.2. The number of benzene rings is 2. The van der Waals surface area contributed by atoms with Gasteiger partial charge in [0.05, 0.1) is 10.5 Å². The number of amides is 2. The van der Waals surface area contributed by atoms with E-state index in [1.807, 2.05) is 0 Å². The number of hydrogen-bond acceptors (Lipinski definition) is 4. The number of fused-ring (bicyclic) bond motifs is 1. The maximum atomic E-state index is 13.1. The van der Waals surface area contributed by atoms with Gasteiger partial charge in [0.25, 0.3) is 0 Å². The van der Waals surface area contributed by atoms with Crippen molar-refractivity contribution < 1.29 is 31.2 Å². The lowest BCUT2D eigenvalue weighted by Crippen LogP contribution is -2.44. The number of carbonyl (C=O) groups excluding carboxylic acids is 2. The fourth-order valence-electron chi connectivity index (χ4n) is 3.81. The quantitative estimate of drug-likeness (QED) is 0.606. The van der Waals surface area contributed by atoms with Gasteiger partial charge in [-0.2, -0.15) is 17.9 Å². The average Bonchev–Trinajstić information content (AvgIpc) is 3.16. The van der Waals surface area contributed by atoms with Crippen molar-refractivity contribution >= 4 is 33.2 Å². The molecule has 0 fully saturated rings. The number of alkyl halides is 3. The standard InChI is InChI=1S/C23H26F3N3O4S/c1-14(2)11-20(22(31)27-18-6-4-5-17(13-18)23(24,25)26)28-34(32,33)19-7-8-21-16(12-19)9-10-29(21)15(3)30/h4-8,12-14,20,28H,9-11H2,1-3H3,(H,27,31). The van der Waals surface area contributed by atoms with Gasteiger partial charge < -0.3 is 10.2 Å². The van der Waals surface area contributed by atoms with Gasteiger partial charge in [0.2, 0.25) is 21.8 Å². The zero-order chi connectivity index (χ0) is 25.3. The van der Waals surface area contributed by atoms with Gasteiger partial charge >= 0.3 is 6.18 Å². The first-order chi connectivity index (χ1) is 15.8. The summed E-state index contributed by atoms with van der Waals surface area (Å²) in [5.41, 5.74) is 0.332. The number of rotatable bonds is 7. The van der Waals surface area contributed by atoms with Crippen molar-refractivity contribution in [1.29, 1.82) is 0 Å². The van der Waals surface area contributed by atoms with E-state index in [2.05, 4.69) is 10.0 Å². The molecule has 2 aromatic carbocycles. The van der Waals surface area contributed by atoms with Gasteiger partial charge in [0, 0.05) is 24.8 Å². The van der Waals surface area contributed by atoms with E-state index in [9.17, 15) is 31.2 Å². The fourth-order valence-corrected chi connectivity index (χ4v) is 5.07. The Hall–Kier alpha value is -2.92. The molecule has 7 nitrogen and oxygen atoms in total. The van der Waals surface area contributed by atoms with Gasteiger partial charge in [-0.15, -0.1) is 0 Å². The number of anilines is 2. The first kappa shape index (κ1) is 25.7. The first-order valence-corrected chi connectivity index (χ1v) is 12.2. The van der Waals surface area contributed by atoms with Crippen molar-refractivity contribution in [2.45, 2.75) is 50.7 Å². The molecule has 1 unspecified atom stereocenters. The highest BCUT2D eigenvalue weighted by Crippen LogP contribution is 2.32. The Kier molecular flexibility index (Phi) is 7.37. The second-order valence-corrected chi connectivity index (χ2v) is 10.3. The Morgan fingerprint density at radius 3 is 2.44 bits per heavy atom. The van der Waals surface area contributed by atoms with Crippen molar-refractivity contribution in [2.75, 3.05) is 16.8 Å². The van der Waals surface area contributed by atoms with Crippen LogP contribution in [0.3, 0.4) is 0 Å². The number of hydrogen-bond donors (Lipinski definition) is 2. The van der Waals surface area contributed by atoms with Crippen LogP contribution in [0.1, 0.15) is 38.3 Å². The molecule has 0 bridgehead atoms. The summed E-state index contributed by atoms with van der Waals surface area (Å²) >= 11 is 0. The Labute approximate surface area is 196 Å². The second kappa shape index (κ2) is 9.75. The van der Waals surface area contributed by atoms with Crippen LogP contribution in [-0.4, -0.2) is 32.8 Å². The number of nitrogens with zero attached hydrogens (tertiary/aromatic N) is 1. The minimum absolute atomic E-state index is 0.0581. The number of sulfonamides is 1. The van der Waals surface area contributed by atoms with E-state index >= 15 is 0 Å². The number of halogens is 3. The lowest BCUT2D eigenvalue weighted by molar-refractivity contribution is -0.137. The van der Waals surface area contributed by atoms with E-state index in [0.717, 1.165) is 18.2 Å². The SMILES string of the molecule is CC(=O)N1CCc2cc(S(=O)(=O)NC(CC(C)C)C(=O)Nc3cccc(C(F)(F)F)c3)ccc21. The van der Waals surface area contributed by atoms with Crippen LogP contribution in [0, 0.1) is 5.92 Å². The molecule has 34 heavy (non-hydrogen) atoms. The zero-order valence-electron chi connectivity index (χ0n) is 18.9. The third-order valence-corrected chi connectivity index (χ3v) is 6.88. The number of carbonyl (C=O) groups is 2. The Balaban J connectivity index is 1.82. The van der Waals surface area contributed by atoms with Crippen LogP contribution in [0.15, 0.2) is 47.4 Å². The third-order valence-electron chi connectivity index (χ3n) is 5.42. The number of nitrogens with one attached hydrogen (secondary N) is 2. The Morgan fingerprint density at radius 2 is 1.82 bits per heavy atom. The van der Waals surface area contributed by atoms with E-state index in [1.165, 1.54) is 25.1 Å². The lowest BCUT2D eigenvalue weighted by Gasteiger charge is -2.21. The molecule has 1 atom stereocenters. The van der Waals surface area contributed by atoms with Crippen LogP contribution in [0.25, 0.3) is 0 Å². The molecular formula is C23H26F3N3O4S. The maximum Gasteiger partial charge on any atom is 0.416 e. The minimum Gasteiger partial charge on any atom is -0.325 e. The molecular weight excluding hydrogens is 471 g/mol. The van der Waals surface area contributed by atoms with Gasteiger partial charge in [0.15, 0.2) is 0 Å². The first-order valence-electron chi connectivity index (χ1n) is 10.7. The molecule has 0 spiro atoms. The summed E-state index contributed by atoms with van der Waals surface area (Å²) in [7, 11) is -4.13. The van der Waals surface area contributed by atoms with Crippen LogP contribution < -0.4 is 14.9 Å². The van der Waals surface area contributed by atoms with Crippen molar-refractivity contribution in [3.63, 3.8) is 0 Å². The summed E-state index contributed by atoms with van der Waals surface area (Å²) in [6, 6.07) is 7.31. The highest BCUT2D eigenvalue weighted by molar-refractivity contribution is 7.89. The lowest BCUT2D eigenvalue weighted by atomic mass is 10.0. The molecule has 1 aliphatic rings. The smallest absolute Gasteiger partial charge is 0.325 e. The maximum absolute atomic E-state index is 13.1. The van der Waals surface area contributed by atoms with Crippen LogP contribution in [0.4, 0.5) is 24.5 Å². The van der Waals surface area contributed by atoms with Crippen molar-refractivity contribution in [2.24, 2.45) is 5.92 Å². The monoisotopic (exact) mass is 497 g/mol. The summed E-state index contributed by atoms with van der Waals surface area (Å²) in [6.45, 7) is 5.48. The van der Waals surface area contributed by atoms with Gasteiger partial charge in [-0.25, -0.2) is 8.42 Å². The second-order valence-electron chi connectivity index (χ2n) is 8.58. The highest BCUT2D eigenvalue weighted by Gasteiger charge is 2.32. The van der Waals surface area contributed by atoms with Crippen LogP contribution in [0.2, 0.25) is 0 Å². The van der Waals surface area contributed by atoms with E-state index < -0.39 is 33.7 Å². The Bertz CT molecular complexity index is 1200. The summed E-state index contributed by atoms with van der Waals surface area (Å²) in [4.78, 5) is 26.1. The molecule has 184 valence electrons. The van der Waals surface area contributed by atoms with Crippen LogP contribution in [-0.2, 0) is 32.2 Å². The molecule has 0 saturated heterocycles. The van der Waals surface area contributed by atoms with Crippen molar-refractivity contribution in [3.05, 3.63) is 53.6 Å². The predicted octanol–water partition coefficient (Wildman–Crippen LogP) is 3.95. The molecule has 11 heteroatoms. The summed E-state index contributed by atoms with van der Waals surface area (Å²) in [6.07, 6.45) is -3.94. The van der Waals surface area contributed by atoms with E-state index in [0.29, 0.717) is 24.2 Å². The van der Waals surface area contributed by atoms with Crippen LogP contribution in [0.5, 0.6) is 0 Å². The van der Waals surface area contributed by atoms with Crippen molar-refractivity contribution in [3.8, 4) is 0 Å². The summed E-state index contributed by atoms with van der Waals surface area (Å²) in [5.74, 6) is -0.986. The van der Waals surface area contributed by atoms with E-state index in [4.69, 9.17) is 0 Å². The normalized spacial score (nSPS) is 14.7. The molecule has 0 aromatic heterocycles. The minimum atomic E-state index is -4.58.